The summed E-state index contributed by atoms with van der Waals surface area (Å²) in [6, 6.07) is 6.72. The van der Waals surface area contributed by atoms with Crippen molar-refractivity contribution in [2.45, 2.75) is 40.2 Å². The number of rotatable bonds is 6. The summed E-state index contributed by atoms with van der Waals surface area (Å²) in [4.78, 5) is 29.5. The smallest absolute Gasteiger partial charge is 0.212 e. The Morgan fingerprint density at radius 2 is 2.09 bits per heavy atom. The van der Waals surface area contributed by atoms with Crippen molar-refractivity contribution in [3.8, 4) is 0 Å². The van der Waals surface area contributed by atoms with E-state index in [1.807, 2.05) is 26.8 Å². The average molecular weight is 436 g/mol. The third-order valence-corrected chi connectivity index (χ3v) is 5.77. The van der Waals surface area contributed by atoms with Gasteiger partial charge < -0.3 is 20.9 Å². The van der Waals surface area contributed by atoms with Crippen LogP contribution in [0, 0.1) is 20.8 Å². The van der Waals surface area contributed by atoms with Crippen molar-refractivity contribution in [3.63, 3.8) is 0 Å². The van der Waals surface area contributed by atoms with Crippen molar-refractivity contribution in [1.82, 2.24) is 20.2 Å². The second-order valence-electron chi connectivity index (χ2n) is 8.29. The first-order valence-electron chi connectivity index (χ1n) is 10.9. The van der Waals surface area contributed by atoms with Gasteiger partial charge in [-0.05, 0) is 64.1 Å². The van der Waals surface area contributed by atoms with Gasteiger partial charge in [-0.2, -0.15) is 0 Å². The Balaban J connectivity index is 1.90. The molecule has 1 aliphatic rings. The van der Waals surface area contributed by atoms with Crippen molar-refractivity contribution < 1.29 is 4.79 Å². The van der Waals surface area contributed by atoms with Crippen LogP contribution in [0.3, 0.4) is 0 Å². The number of aliphatic imine (C=N–C) groups is 1. The summed E-state index contributed by atoms with van der Waals surface area (Å²) >= 11 is 0. The third-order valence-electron chi connectivity index (χ3n) is 5.77. The molecule has 1 aromatic heterocycles. The molecule has 3 N–H and O–H groups in total. The van der Waals surface area contributed by atoms with Gasteiger partial charge >= 0.3 is 0 Å². The molecule has 0 aliphatic carbocycles. The van der Waals surface area contributed by atoms with Gasteiger partial charge in [-0.15, -0.1) is 0 Å². The van der Waals surface area contributed by atoms with E-state index in [2.05, 4.69) is 56.2 Å². The van der Waals surface area contributed by atoms with Crippen molar-refractivity contribution in [2.75, 3.05) is 31.6 Å². The molecule has 0 spiro atoms. The van der Waals surface area contributed by atoms with Gasteiger partial charge in [-0.1, -0.05) is 6.92 Å². The predicted octanol–water partition coefficient (Wildman–Crippen LogP) is 2.71. The molecule has 170 valence electrons. The van der Waals surface area contributed by atoms with Gasteiger partial charge in [0.25, 0.3) is 0 Å². The number of nitrogens with zero attached hydrogens (tertiary/aromatic N) is 5. The van der Waals surface area contributed by atoms with Gasteiger partial charge in [0.2, 0.25) is 6.41 Å². The lowest BCUT2D eigenvalue weighted by molar-refractivity contribution is -0.108. The molecule has 1 aliphatic heterocycles. The van der Waals surface area contributed by atoms with Gasteiger partial charge in [0.15, 0.2) is 5.84 Å². The zero-order valence-corrected chi connectivity index (χ0v) is 19.6. The summed E-state index contributed by atoms with van der Waals surface area (Å²) < 4.78 is 0. The molecule has 1 atom stereocenters. The van der Waals surface area contributed by atoms with Crippen LogP contribution in [0.5, 0.6) is 0 Å². The molecule has 1 saturated heterocycles. The summed E-state index contributed by atoms with van der Waals surface area (Å²) in [7, 11) is 2.17. The molecule has 1 fully saturated rings. The fourth-order valence-electron chi connectivity index (χ4n) is 3.96. The number of amidine groups is 1. The first-order chi connectivity index (χ1) is 15.3. The number of benzene rings is 1. The number of aromatic nitrogens is 2. The number of likely N-dealkylation sites (N-methyl/N-ethyl adjacent to an activating group) is 1. The molecular weight excluding hydrogens is 402 g/mol. The van der Waals surface area contributed by atoms with Crippen LogP contribution in [-0.4, -0.2) is 59.8 Å². The molecule has 2 aromatic rings. The van der Waals surface area contributed by atoms with Crippen molar-refractivity contribution in [3.05, 3.63) is 52.7 Å². The van der Waals surface area contributed by atoms with Crippen LogP contribution in [0.4, 0.5) is 11.4 Å². The van der Waals surface area contributed by atoms with Crippen LogP contribution in [0.25, 0.3) is 6.08 Å². The van der Waals surface area contributed by atoms with Crippen LogP contribution in [0.15, 0.2) is 35.1 Å². The lowest BCUT2D eigenvalue weighted by Crippen LogP contribution is -2.51. The Morgan fingerprint density at radius 3 is 2.75 bits per heavy atom. The van der Waals surface area contributed by atoms with Gasteiger partial charge in [0.1, 0.15) is 0 Å². The highest BCUT2D eigenvalue weighted by molar-refractivity contribution is 6.06. The molecule has 0 saturated carbocycles. The minimum absolute atomic E-state index is 0.281. The first-order valence-corrected chi connectivity index (χ1v) is 10.9. The number of carbonyl (C=O) groups is 1. The summed E-state index contributed by atoms with van der Waals surface area (Å²) in [6.07, 6.45) is 5.03. The maximum atomic E-state index is 11.2. The van der Waals surface area contributed by atoms with Crippen molar-refractivity contribution >= 4 is 29.7 Å². The van der Waals surface area contributed by atoms with Gasteiger partial charge in [0, 0.05) is 37.6 Å². The van der Waals surface area contributed by atoms with E-state index in [1.54, 1.807) is 12.3 Å². The maximum absolute atomic E-state index is 11.2. The summed E-state index contributed by atoms with van der Waals surface area (Å²) in [6.45, 7) is 11.1. The zero-order valence-electron chi connectivity index (χ0n) is 19.6. The number of carbonyl (C=O) groups excluding carboxylic acids is 1. The predicted molar refractivity (Wildman–Crippen MR) is 130 cm³/mol. The zero-order chi connectivity index (χ0) is 23.3. The Hall–Kier alpha value is -3.26. The van der Waals surface area contributed by atoms with Crippen molar-refractivity contribution in [1.29, 1.82) is 0 Å². The number of aryl methyl sites for hydroxylation is 3. The van der Waals surface area contributed by atoms with Crippen LogP contribution in [-0.2, 0) is 4.79 Å². The molecule has 2 heterocycles. The topological polar surface area (TPSA) is 99.7 Å². The Labute approximate surface area is 190 Å². The molecule has 8 nitrogen and oxygen atoms in total. The number of nitrogens with two attached hydrogens (primary N) is 1. The standard InChI is InChI=1S/C24H33N7O/c1-6-19-14-30(5)9-10-31(19)20-7-8-22(16(2)11-20)29-24(27-15-32)21(25)12-23-18(4)28-17(3)13-26-23/h7-8,11-13,15,19H,6,9-10,14,25H2,1-5H3,(H,27,29,32). The Kier molecular flexibility index (Phi) is 7.58. The number of anilines is 1. The second kappa shape index (κ2) is 10.4. The van der Waals surface area contributed by atoms with Crippen molar-refractivity contribution in [2.24, 2.45) is 10.7 Å². The number of hydrogen-bond donors (Lipinski definition) is 2. The minimum Gasteiger partial charge on any atom is -0.396 e. The van der Waals surface area contributed by atoms with Crippen LogP contribution in [0.1, 0.15) is 36.0 Å². The number of nitrogens with one attached hydrogen (secondary N) is 1. The highest BCUT2D eigenvalue weighted by Crippen LogP contribution is 2.28. The van der Waals surface area contributed by atoms with Crippen LogP contribution >= 0.6 is 0 Å². The summed E-state index contributed by atoms with van der Waals surface area (Å²) in [5.74, 6) is 0.281. The largest absolute Gasteiger partial charge is 0.396 e. The van der Waals surface area contributed by atoms with Crippen LogP contribution in [0.2, 0.25) is 0 Å². The maximum Gasteiger partial charge on any atom is 0.212 e. The molecule has 32 heavy (non-hydrogen) atoms. The summed E-state index contributed by atoms with van der Waals surface area (Å²) in [5, 5.41) is 2.62. The average Bonchev–Trinajstić information content (AvgIpc) is 2.76. The Morgan fingerprint density at radius 1 is 1.31 bits per heavy atom. The SMILES string of the molecule is CCC1CN(C)CCN1c1ccc(N=C(NC=O)C(N)=Cc2ncc(C)nc2C)c(C)c1. The quantitative estimate of drug-likeness (QED) is 0.411. The van der Waals surface area contributed by atoms with E-state index in [9.17, 15) is 4.79 Å². The van der Waals surface area contributed by atoms with E-state index in [-0.39, 0.29) is 5.84 Å². The number of hydrogen-bond acceptors (Lipinski definition) is 7. The van der Waals surface area contributed by atoms with E-state index in [4.69, 9.17) is 5.73 Å². The molecule has 8 heteroatoms. The molecule has 1 aromatic carbocycles. The fraction of sp³-hybridized carbons (Fsp3) is 0.417. The highest BCUT2D eigenvalue weighted by Gasteiger charge is 2.24. The van der Waals surface area contributed by atoms with E-state index in [0.29, 0.717) is 23.8 Å². The molecule has 1 unspecified atom stereocenters. The molecule has 3 rings (SSSR count). The molecule has 0 bridgehead atoms. The monoisotopic (exact) mass is 435 g/mol. The van der Waals surface area contributed by atoms with E-state index < -0.39 is 0 Å². The molecular formula is C24H33N7O. The number of amides is 1. The number of piperazine rings is 1. The Bertz CT molecular complexity index is 1030. The second-order valence-corrected chi connectivity index (χ2v) is 8.29. The molecule has 1 amide bonds. The summed E-state index contributed by atoms with van der Waals surface area (Å²) in [5.41, 5.74) is 11.8. The lowest BCUT2D eigenvalue weighted by Gasteiger charge is -2.41. The van der Waals surface area contributed by atoms with E-state index in [1.165, 1.54) is 5.69 Å². The van der Waals surface area contributed by atoms with Crippen LogP contribution < -0.4 is 16.0 Å². The highest BCUT2D eigenvalue weighted by atomic mass is 16.1. The van der Waals surface area contributed by atoms with Gasteiger partial charge in [0.05, 0.1) is 28.5 Å². The van der Waals surface area contributed by atoms with Gasteiger partial charge in [-0.3, -0.25) is 14.8 Å². The molecule has 0 radical (unpaired) electrons. The van der Waals surface area contributed by atoms with Gasteiger partial charge in [-0.25, -0.2) is 4.99 Å². The first kappa shape index (κ1) is 23.4. The normalized spacial score (nSPS) is 18.0. The van der Waals surface area contributed by atoms with E-state index >= 15 is 0 Å². The lowest BCUT2D eigenvalue weighted by atomic mass is 10.1. The fourth-order valence-corrected chi connectivity index (χ4v) is 3.96. The third kappa shape index (κ3) is 5.50. The minimum atomic E-state index is 0.281. The van der Waals surface area contributed by atoms with E-state index in [0.717, 1.165) is 48.7 Å².